The Bertz CT molecular complexity index is 594. The Morgan fingerprint density at radius 1 is 0.950 bits per heavy atom. The second-order valence-electron chi connectivity index (χ2n) is 3.92. The number of hydrogen-bond donors (Lipinski definition) is 0. The van der Waals surface area contributed by atoms with Crippen LogP contribution in [0.3, 0.4) is 0 Å². The second kappa shape index (κ2) is 5.90. The van der Waals surface area contributed by atoms with Crippen LogP contribution in [-0.4, -0.2) is 13.5 Å². The van der Waals surface area contributed by atoms with Crippen molar-refractivity contribution in [2.75, 3.05) is 7.11 Å². The van der Waals surface area contributed by atoms with E-state index in [1.807, 2.05) is 34.7 Å². The van der Waals surface area contributed by atoms with Gasteiger partial charge in [-0.05, 0) is 64.0 Å². The van der Waals surface area contributed by atoms with Crippen LogP contribution in [0.4, 0.5) is 13.2 Å². The third-order valence-corrected chi connectivity index (χ3v) is 3.47. The molecule has 0 spiro atoms. The first-order valence-corrected chi connectivity index (χ1v) is 6.66. The first-order valence-electron chi connectivity index (χ1n) is 5.59. The Balaban J connectivity index is 2.29. The predicted molar refractivity (Wildman–Crippen MR) is 77.8 cm³/mol. The maximum Gasteiger partial charge on any atom is 0.573 e. The van der Waals surface area contributed by atoms with E-state index >= 15 is 0 Å². The molecule has 0 atom stereocenters. The van der Waals surface area contributed by atoms with Crippen LogP contribution >= 0.6 is 22.6 Å². The van der Waals surface area contributed by atoms with E-state index in [4.69, 9.17) is 4.74 Å². The molecule has 0 unspecified atom stereocenters. The van der Waals surface area contributed by atoms with Crippen molar-refractivity contribution < 1.29 is 22.6 Å². The average molecular weight is 394 g/mol. The third-order valence-electron chi connectivity index (χ3n) is 2.58. The minimum atomic E-state index is -4.68. The molecule has 2 aromatic rings. The highest BCUT2D eigenvalue weighted by Crippen LogP contribution is 2.31. The van der Waals surface area contributed by atoms with Crippen LogP contribution in [0.25, 0.3) is 11.1 Å². The lowest BCUT2D eigenvalue weighted by Crippen LogP contribution is -2.17. The molecule has 0 bridgehead atoms. The summed E-state index contributed by atoms with van der Waals surface area (Å²) in [7, 11) is 1.57. The molecule has 6 heteroatoms. The summed E-state index contributed by atoms with van der Waals surface area (Å²) in [6.07, 6.45) is -4.68. The molecule has 20 heavy (non-hydrogen) atoms. The highest BCUT2D eigenvalue weighted by atomic mass is 127. The molecule has 0 N–H and O–H groups in total. The number of ether oxygens (including phenoxy) is 2. The van der Waals surface area contributed by atoms with Crippen molar-refractivity contribution in [3.05, 3.63) is 46.0 Å². The van der Waals surface area contributed by atoms with Gasteiger partial charge in [0.25, 0.3) is 0 Å². The monoisotopic (exact) mass is 394 g/mol. The molecule has 2 nitrogen and oxygen atoms in total. The van der Waals surface area contributed by atoms with E-state index in [2.05, 4.69) is 4.74 Å². The van der Waals surface area contributed by atoms with Gasteiger partial charge in [0.1, 0.15) is 11.5 Å². The van der Waals surface area contributed by atoms with Gasteiger partial charge in [-0.25, -0.2) is 0 Å². The molecule has 106 valence electrons. The van der Waals surface area contributed by atoms with Crippen molar-refractivity contribution >= 4 is 22.6 Å². The number of halogens is 4. The largest absolute Gasteiger partial charge is 0.573 e. The summed E-state index contributed by atoms with van der Waals surface area (Å²) in [4.78, 5) is 0. The molecule has 0 aliphatic rings. The van der Waals surface area contributed by atoms with Crippen LogP contribution in [0.15, 0.2) is 42.5 Å². The van der Waals surface area contributed by atoms with Gasteiger partial charge in [0.15, 0.2) is 0 Å². The smallest absolute Gasteiger partial charge is 0.497 e. The average Bonchev–Trinajstić information content (AvgIpc) is 2.37. The van der Waals surface area contributed by atoms with E-state index in [1.165, 1.54) is 12.1 Å². The fourth-order valence-corrected chi connectivity index (χ4v) is 2.50. The molecule has 0 aliphatic heterocycles. The van der Waals surface area contributed by atoms with Crippen LogP contribution in [0.2, 0.25) is 0 Å². The van der Waals surface area contributed by atoms with E-state index < -0.39 is 6.36 Å². The number of methoxy groups -OCH3 is 1. The molecule has 0 radical (unpaired) electrons. The van der Waals surface area contributed by atoms with Crippen molar-refractivity contribution in [3.63, 3.8) is 0 Å². The molecule has 0 amide bonds. The van der Waals surface area contributed by atoms with Gasteiger partial charge >= 0.3 is 6.36 Å². The van der Waals surface area contributed by atoms with Gasteiger partial charge in [-0.2, -0.15) is 0 Å². The summed E-state index contributed by atoms with van der Waals surface area (Å²) in [6, 6.07) is 11.5. The van der Waals surface area contributed by atoms with Gasteiger partial charge in [-0.3, -0.25) is 0 Å². The SMILES string of the molecule is COc1ccc(-c2ccc(OC(F)(F)F)cc2I)cc1. The summed E-state index contributed by atoms with van der Waals surface area (Å²) < 4.78 is 46.0. The molecule has 2 aromatic carbocycles. The van der Waals surface area contributed by atoms with Gasteiger partial charge in [0.05, 0.1) is 7.11 Å². The molecule has 0 heterocycles. The Kier molecular flexibility index (Phi) is 4.42. The minimum Gasteiger partial charge on any atom is -0.497 e. The Hall–Kier alpha value is -1.44. The normalized spacial score (nSPS) is 11.2. The molecular weight excluding hydrogens is 384 g/mol. The second-order valence-corrected chi connectivity index (χ2v) is 5.08. The van der Waals surface area contributed by atoms with Crippen molar-refractivity contribution in [2.45, 2.75) is 6.36 Å². The third kappa shape index (κ3) is 3.78. The zero-order valence-electron chi connectivity index (χ0n) is 10.4. The Morgan fingerprint density at radius 3 is 2.05 bits per heavy atom. The number of rotatable bonds is 3. The summed E-state index contributed by atoms with van der Waals surface area (Å²) in [6.45, 7) is 0. The molecule has 0 fully saturated rings. The maximum absolute atomic E-state index is 12.1. The van der Waals surface area contributed by atoms with Gasteiger partial charge in [0.2, 0.25) is 0 Å². The van der Waals surface area contributed by atoms with Crippen molar-refractivity contribution in [2.24, 2.45) is 0 Å². The number of hydrogen-bond acceptors (Lipinski definition) is 2. The van der Waals surface area contributed by atoms with E-state index in [0.717, 1.165) is 16.9 Å². The number of alkyl halides is 3. The predicted octanol–water partition coefficient (Wildman–Crippen LogP) is 4.87. The lowest BCUT2D eigenvalue weighted by Gasteiger charge is -2.11. The van der Waals surface area contributed by atoms with Gasteiger partial charge in [-0.15, -0.1) is 13.2 Å². The fraction of sp³-hybridized carbons (Fsp3) is 0.143. The van der Waals surface area contributed by atoms with Crippen molar-refractivity contribution in [1.29, 1.82) is 0 Å². The first-order chi connectivity index (χ1) is 9.39. The number of benzene rings is 2. The van der Waals surface area contributed by atoms with Crippen LogP contribution in [0.5, 0.6) is 11.5 Å². The summed E-state index contributed by atoms with van der Waals surface area (Å²) >= 11 is 1.98. The minimum absolute atomic E-state index is 0.223. The van der Waals surface area contributed by atoms with E-state index in [0.29, 0.717) is 3.57 Å². The molecule has 0 aromatic heterocycles. The van der Waals surface area contributed by atoms with E-state index in [9.17, 15) is 13.2 Å². The lowest BCUT2D eigenvalue weighted by molar-refractivity contribution is -0.274. The van der Waals surface area contributed by atoms with Crippen LogP contribution in [-0.2, 0) is 0 Å². The van der Waals surface area contributed by atoms with Crippen LogP contribution in [0, 0.1) is 3.57 Å². The van der Waals surface area contributed by atoms with Gasteiger partial charge in [-0.1, -0.05) is 12.1 Å². The van der Waals surface area contributed by atoms with Gasteiger partial charge < -0.3 is 9.47 Å². The first kappa shape index (κ1) is 15.0. The Morgan fingerprint density at radius 2 is 1.55 bits per heavy atom. The van der Waals surface area contributed by atoms with Crippen LogP contribution in [0.1, 0.15) is 0 Å². The zero-order valence-corrected chi connectivity index (χ0v) is 12.5. The highest BCUT2D eigenvalue weighted by Gasteiger charge is 2.31. The van der Waals surface area contributed by atoms with Crippen LogP contribution < -0.4 is 9.47 Å². The molecule has 0 saturated heterocycles. The van der Waals surface area contributed by atoms with Crippen molar-refractivity contribution in [3.8, 4) is 22.6 Å². The summed E-state index contributed by atoms with van der Waals surface area (Å²) in [5.74, 6) is 0.500. The summed E-state index contributed by atoms with van der Waals surface area (Å²) in [5.41, 5.74) is 1.73. The fourth-order valence-electron chi connectivity index (χ4n) is 1.70. The maximum atomic E-state index is 12.1. The zero-order chi connectivity index (χ0) is 14.8. The lowest BCUT2D eigenvalue weighted by atomic mass is 10.1. The topological polar surface area (TPSA) is 18.5 Å². The highest BCUT2D eigenvalue weighted by molar-refractivity contribution is 14.1. The molecule has 0 saturated carbocycles. The summed E-state index contributed by atoms with van der Waals surface area (Å²) in [5, 5.41) is 0. The van der Waals surface area contributed by atoms with Gasteiger partial charge in [0, 0.05) is 3.57 Å². The Labute approximate surface area is 127 Å². The quantitative estimate of drug-likeness (QED) is 0.692. The van der Waals surface area contributed by atoms with E-state index in [1.54, 1.807) is 25.3 Å². The van der Waals surface area contributed by atoms with E-state index in [-0.39, 0.29) is 5.75 Å². The molecule has 2 rings (SSSR count). The molecular formula is C14H10F3IO2. The standard InChI is InChI=1S/C14H10F3IO2/c1-19-10-4-2-9(3-5-10)12-7-6-11(8-13(12)18)20-14(15,16)17/h2-8H,1H3. The van der Waals surface area contributed by atoms with Crippen molar-refractivity contribution in [1.82, 2.24) is 0 Å². The molecule has 0 aliphatic carbocycles.